The summed E-state index contributed by atoms with van der Waals surface area (Å²) in [5, 5.41) is 8.54. The van der Waals surface area contributed by atoms with Gasteiger partial charge in [0.1, 0.15) is 5.75 Å². The van der Waals surface area contributed by atoms with Gasteiger partial charge in [0.15, 0.2) is 0 Å². The van der Waals surface area contributed by atoms with E-state index in [0.717, 1.165) is 37.3 Å². The Morgan fingerprint density at radius 2 is 1.75 bits per heavy atom. The zero-order valence-electron chi connectivity index (χ0n) is 11.2. The van der Waals surface area contributed by atoms with Crippen molar-refractivity contribution in [1.82, 2.24) is 0 Å². The maximum atomic E-state index is 12.0. The van der Waals surface area contributed by atoms with E-state index in [4.69, 9.17) is 9.84 Å². The molecule has 1 aromatic carbocycles. The number of benzene rings is 1. The number of hydrogen-bond acceptors (Lipinski definition) is 3. The first kappa shape index (κ1) is 14.3. The van der Waals surface area contributed by atoms with Crippen LogP contribution in [-0.2, 0) is 9.59 Å². The third-order valence-corrected chi connectivity index (χ3v) is 3.46. The van der Waals surface area contributed by atoms with Crippen molar-refractivity contribution in [2.75, 3.05) is 0 Å². The van der Waals surface area contributed by atoms with E-state index in [1.54, 1.807) is 24.3 Å². The van der Waals surface area contributed by atoms with Gasteiger partial charge in [-0.25, -0.2) is 4.79 Å². The van der Waals surface area contributed by atoms with Crippen LogP contribution in [0.2, 0.25) is 0 Å². The first-order chi connectivity index (χ1) is 9.65. The molecule has 0 aromatic heterocycles. The summed E-state index contributed by atoms with van der Waals surface area (Å²) in [4.78, 5) is 22.4. The molecule has 0 bridgehead atoms. The summed E-state index contributed by atoms with van der Waals surface area (Å²) in [5.41, 5.74) is 0.755. The number of rotatable bonds is 4. The fraction of sp³-hybridized carbons (Fsp3) is 0.375. The summed E-state index contributed by atoms with van der Waals surface area (Å²) in [6.07, 6.45) is 7.79. The lowest BCUT2D eigenvalue weighted by atomic mass is 9.89. The zero-order valence-corrected chi connectivity index (χ0v) is 11.2. The van der Waals surface area contributed by atoms with E-state index >= 15 is 0 Å². The first-order valence-corrected chi connectivity index (χ1v) is 6.88. The highest BCUT2D eigenvalue weighted by Gasteiger charge is 2.22. The Morgan fingerprint density at radius 1 is 1.10 bits per heavy atom. The van der Waals surface area contributed by atoms with Gasteiger partial charge in [-0.1, -0.05) is 31.4 Å². The van der Waals surface area contributed by atoms with Crippen LogP contribution >= 0.6 is 0 Å². The van der Waals surface area contributed by atoms with Crippen LogP contribution in [0.25, 0.3) is 6.08 Å². The summed E-state index contributed by atoms with van der Waals surface area (Å²) in [6, 6.07) is 6.82. The Hall–Kier alpha value is -2.10. The smallest absolute Gasteiger partial charge is 0.328 e. The molecule has 2 rings (SSSR count). The fourth-order valence-electron chi connectivity index (χ4n) is 2.35. The van der Waals surface area contributed by atoms with Gasteiger partial charge in [-0.05, 0) is 36.6 Å². The van der Waals surface area contributed by atoms with Crippen LogP contribution in [0.3, 0.4) is 0 Å². The Labute approximate surface area is 118 Å². The van der Waals surface area contributed by atoms with Crippen LogP contribution in [0.15, 0.2) is 30.3 Å². The Balaban J connectivity index is 1.92. The summed E-state index contributed by atoms with van der Waals surface area (Å²) >= 11 is 0. The third-order valence-electron chi connectivity index (χ3n) is 3.46. The topological polar surface area (TPSA) is 63.6 Å². The molecule has 1 saturated carbocycles. The average Bonchev–Trinajstić information content (AvgIpc) is 2.47. The van der Waals surface area contributed by atoms with E-state index in [1.165, 1.54) is 12.5 Å². The van der Waals surface area contributed by atoms with E-state index in [2.05, 4.69) is 0 Å². The molecule has 106 valence electrons. The molecular formula is C16H18O4. The molecule has 1 aliphatic rings. The lowest BCUT2D eigenvalue weighted by Gasteiger charge is -2.19. The van der Waals surface area contributed by atoms with Gasteiger partial charge in [0.25, 0.3) is 0 Å². The number of carbonyl (C=O) groups excluding carboxylic acids is 1. The second-order valence-electron chi connectivity index (χ2n) is 5.00. The predicted molar refractivity (Wildman–Crippen MR) is 75.3 cm³/mol. The molecule has 20 heavy (non-hydrogen) atoms. The van der Waals surface area contributed by atoms with Crippen molar-refractivity contribution in [3.8, 4) is 5.75 Å². The molecule has 0 unspecified atom stereocenters. The minimum Gasteiger partial charge on any atom is -0.478 e. The van der Waals surface area contributed by atoms with E-state index in [-0.39, 0.29) is 11.9 Å². The number of hydrogen-bond donors (Lipinski definition) is 1. The van der Waals surface area contributed by atoms with Gasteiger partial charge in [0, 0.05) is 6.08 Å². The number of carboxylic acids is 1. The molecule has 0 spiro atoms. The van der Waals surface area contributed by atoms with Gasteiger partial charge in [-0.2, -0.15) is 0 Å². The highest BCUT2D eigenvalue weighted by atomic mass is 16.5. The van der Waals surface area contributed by atoms with Crippen molar-refractivity contribution in [2.45, 2.75) is 32.1 Å². The minimum atomic E-state index is -0.988. The van der Waals surface area contributed by atoms with Gasteiger partial charge < -0.3 is 9.84 Å². The van der Waals surface area contributed by atoms with Crippen molar-refractivity contribution in [2.24, 2.45) is 5.92 Å². The van der Waals surface area contributed by atoms with Gasteiger partial charge in [0.05, 0.1) is 5.92 Å². The molecule has 0 saturated heterocycles. The third kappa shape index (κ3) is 4.23. The van der Waals surface area contributed by atoms with Crippen LogP contribution in [0.4, 0.5) is 0 Å². The highest BCUT2D eigenvalue weighted by Crippen LogP contribution is 2.25. The predicted octanol–water partition coefficient (Wildman–Crippen LogP) is 3.27. The zero-order chi connectivity index (χ0) is 14.4. The Bertz CT molecular complexity index is 496. The summed E-state index contributed by atoms with van der Waals surface area (Å²) < 4.78 is 5.36. The van der Waals surface area contributed by atoms with Crippen molar-refractivity contribution in [3.63, 3.8) is 0 Å². The van der Waals surface area contributed by atoms with E-state index in [1.807, 2.05) is 0 Å². The molecule has 4 nitrogen and oxygen atoms in total. The van der Waals surface area contributed by atoms with Crippen molar-refractivity contribution in [1.29, 1.82) is 0 Å². The molecule has 4 heteroatoms. The molecule has 0 radical (unpaired) electrons. The Kier molecular flexibility index (Phi) is 4.93. The van der Waals surface area contributed by atoms with Gasteiger partial charge in [-0.15, -0.1) is 0 Å². The van der Waals surface area contributed by atoms with Crippen LogP contribution in [0, 0.1) is 5.92 Å². The molecule has 1 aromatic rings. The molecule has 1 fully saturated rings. The average molecular weight is 274 g/mol. The van der Waals surface area contributed by atoms with Crippen LogP contribution in [0.5, 0.6) is 5.75 Å². The maximum Gasteiger partial charge on any atom is 0.328 e. The fourth-order valence-corrected chi connectivity index (χ4v) is 2.35. The normalized spacial score (nSPS) is 16.2. The van der Waals surface area contributed by atoms with E-state index in [9.17, 15) is 9.59 Å². The van der Waals surface area contributed by atoms with Gasteiger partial charge in [-0.3, -0.25) is 4.79 Å². The second kappa shape index (κ2) is 6.89. The number of esters is 1. The minimum absolute atomic E-state index is 0.0235. The molecule has 0 aliphatic heterocycles. The van der Waals surface area contributed by atoms with E-state index in [0.29, 0.717) is 5.75 Å². The monoisotopic (exact) mass is 274 g/mol. The van der Waals surface area contributed by atoms with Crippen LogP contribution in [-0.4, -0.2) is 17.0 Å². The molecule has 0 amide bonds. The largest absolute Gasteiger partial charge is 0.478 e. The molecule has 0 atom stereocenters. The number of carbonyl (C=O) groups is 2. The Morgan fingerprint density at radius 3 is 2.35 bits per heavy atom. The van der Waals surface area contributed by atoms with Gasteiger partial charge in [0.2, 0.25) is 0 Å². The summed E-state index contributed by atoms with van der Waals surface area (Å²) in [7, 11) is 0. The van der Waals surface area contributed by atoms with Gasteiger partial charge >= 0.3 is 11.9 Å². The maximum absolute atomic E-state index is 12.0. The number of carboxylic acid groups (broad SMARTS) is 1. The first-order valence-electron chi connectivity index (χ1n) is 6.88. The number of ether oxygens (including phenoxy) is 1. The van der Waals surface area contributed by atoms with E-state index < -0.39 is 5.97 Å². The molecule has 1 N–H and O–H groups in total. The molecular weight excluding hydrogens is 256 g/mol. The molecule has 0 heterocycles. The lowest BCUT2D eigenvalue weighted by molar-refractivity contribution is -0.140. The van der Waals surface area contributed by atoms with Crippen LogP contribution in [0.1, 0.15) is 37.7 Å². The molecule has 1 aliphatic carbocycles. The SMILES string of the molecule is O=C(O)C=Cc1ccc(OC(=O)C2CCCCC2)cc1. The van der Waals surface area contributed by atoms with Crippen molar-refractivity contribution >= 4 is 18.0 Å². The van der Waals surface area contributed by atoms with Crippen molar-refractivity contribution in [3.05, 3.63) is 35.9 Å². The quantitative estimate of drug-likeness (QED) is 0.520. The standard InChI is InChI=1S/C16H18O4/c17-15(18)11-8-12-6-9-14(10-7-12)20-16(19)13-4-2-1-3-5-13/h6-11,13H,1-5H2,(H,17,18). The highest BCUT2D eigenvalue weighted by molar-refractivity contribution is 5.85. The van der Waals surface area contributed by atoms with Crippen molar-refractivity contribution < 1.29 is 19.4 Å². The second-order valence-corrected chi connectivity index (χ2v) is 5.00. The van der Waals surface area contributed by atoms with Crippen LogP contribution < -0.4 is 4.74 Å². The summed E-state index contributed by atoms with van der Waals surface area (Å²) in [5.74, 6) is -0.611. The lowest BCUT2D eigenvalue weighted by Crippen LogP contribution is -2.22. The number of aliphatic carboxylic acids is 1. The summed E-state index contributed by atoms with van der Waals surface area (Å²) in [6.45, 7) is 0.